The number of hydrogen-bond acceptors (Lipinski definition) is 4. The summed E-state index contributed by atoms with van der Waals surface area (Å²) in [4.78, 5) is 17.6. The molecule has 1 atom stereocenters. The van der Waals surface area contributed by atoms with Crippen LogP contribution >= 0.6 is 0 Å². The third-order valence-corrected chi connectivity index (χ3v) is 2.85. The molecule has 0 bridgehead atoms. The van der Waals surface area contributed by atoms with Gasteiger partial charge in [-0.25, -0.2) is 0 Å². The maximum absolute atomic E-state index is 11.8. The minimum absolute atomic E-state index is 0.0499. The molecule has 1 unspecified atom stereocenters. The van der Waals surface area contributed by atoms with E-state index < -0.39 is 0 Å². The van der Waals surface area contributed by atoms with E-state index in [-0.39, 0.29) is 11.9 Å². The van der Waals surface area contributed by atoms with Crippen LogP contribution in [-0.4, -0.2) is 73.5 Å². The van der Waals surface area contributed by atoms with Crippen molar-refractivity contribution >= 4 is 5.91 Å². The number of likely N-dealkylation sites (N-methyl/N-ethyl adjacent to an activating group) is 1. The predicted molar refractivity (Wildman–Crippen MR) is 61.8 cm³/mol. The normalized spacial score (nSPS) is 19.6. The molecule has 90 valence electrons. The number of carbonyl (C=O) groups is 1. The highest BCUT2D eigenvalue weighted by Crippen LogP contribution is 2.06. The first-order chi connectivity index (χ1) is 7.54. The van der Waals surface area contributed by atoms with E-state index in [0.29, 0.717) is 6.54 Å². The zero-order valence-electron chi connectivity index (χ0n) is 10.3. The summed E-state index contributed by atoms with van der Waals surface area (Å²) in [7, 11) is 3.79. The van der Waals surface area contributed by atoms with Crippen LogP contribution in [0.25, 0.3) is 0 Å². The molecule has 1 aliphatic heterocycles. The standard InChI is InChI=1S/C11H20N4O/c1-10(8-12)14-4-6-15(7-5-14)11(16)9-13(2)3/h10H,4-7,9H2,1-3H3. The first-order valence-corrected chi connectivity index (χ1v) is 5.60. The van der Waals surface area contributed by atoms with Crippen LogP contribution in [0.5, 0.6) is 0 Å². The van der Waals surface area contributed by atoms with E-state index >= 15 is 0 Å². The van der Waals surface area contributed by atoms with Crippen LogP contribution in [-0.2, 0) is 4.79 Å². The molecule has 0 saturated carbocycles. The molecule has 1 rings (SSSR count). The second-order valence-corrected chi connectivity index (χ2v) is 4.46. The third kappa shape index (κ3) is 3.47. The van der Waals surface area contributed by atoms with Crippen molar-refractivity contribution in [2.45, 2.75) is 13.0 Å². The largest absolute Gasteiger partial charge is 0.339 e. The second kappa shape index (κ2) is 5.83. The maximum atomic E-state index is 11.8. The molecule has 0 aromatic carbocycles. The summed E-state index contributed by atoms with van der Waals surface area (Å²) in [6, 6.07) is 2.18. The van der Waals surface area contributed by atoms with E-state index in [2.05, 4.69) is 11.0 Å². The summed E-state index contributed by atoms with van der Waals surface area (Å²) < 4.78 is 0. The zero-order chi connectivity index (χ0) is 12.1. The van der Waals surface area contributed by atoms with Gasteiger partial charge in [0.2, 0.25) is 5.91 Å². The number of nitriles is 1. The molecule has 1 saturated heterocycles. The van der Waals surface area contributed by atoms with Crippen LogP contribution < -0.4 is 0 Å². The lowest BCUT2D eigenvalue weighted by atomic mass is 10.2. The van der Waals surface area contributed by atoms with Gasteiger partial charge in [-0.2, -0.15) is 5.26 Å². The number of amides is 1. The quantitative estimate of drug-likeness (QED) is 0.655. The first-order valence-electron chi connectivity index (χ1n) is 5.60. The topological polar surface area (TPSA) is 50.6 Å². The number of rotatable bonds is 3. The minimum Gasteiger partial charge on any atom is -0.339 e. The van der Waals surface area contributed by atoms with Gasteiger partial charge in [0.1, 0.15) is 0 Å². The molecule has 0 aliphatic carbocycles. The first kappa shape index (κ1) is 12.9. The Kier molecular flexibility index (Phi) is 4.71. The molecule has 1 amide bonds. The molecule has 16 heavy (non-hydrogen) atoms. The second-order valence-electron chi connectivity index (χ2n) is 4.46. The molecule has 1 heterocycles. The molecule has 5 nitrogen and oxygen atoms in total. The Balaban J connectivity index is 2.37. The smallest absolute Gasteiger partial charge is 0.236 e. The van der Waals surface area contributed by atoms with Crippen molar-refractivity contribution in [3.8, 4) is 6.07 Å². The number of nitrogens with zero attached hydrogens (tertiary/aromatic N) is 4. The maximum Gasteiger partial charge on any atom is 0.236 e. The van der Waals surface area contributed by atoms with Gasteiger partial charge in [-0.3, -0.25) is 9.69 Å². The van der Waals surface area contributed by atoms with E-state index in [1.54, 1.807) is 0 Å². The molecule has 0 aromatic heterocycles. The van der Waals surface area contributed by atoms with Gasteiger partial charge in [-0.1, -0.05) is 0 Å². The SMILES string of the molecule is CC(C#N)N1CCN(C(=O)CN(C)C)CC1. The van der Waals surface area contributed by atoms with Gasteiger partial charge < -0.3 is 9.80 Å². The van der Waals surface area contributed by atoms with Gasteiger partial charge in [0.15, 0.2) is 0 Å². The summed E-state index contributed by atoms with van der Waals surface area (Å²) in [6.07, 6.45) is 0. The summed E-state index contributed by atoms with van der Waals surface area (Å²) >= 11 is 0. The lowest BCUT2D eigenvalue weighted by Gasteiger charge is -2.36. The highest BCUT2D eigenvalue weighted by molar-refractivity contribution is 5.78. The minimum atomic E-state index is -0.0499. The zero-order valence-corrected chi connectivity index (χ0v) is 10.3. The Morgan fingerprint density at radius 3 is 2.38 bits per heavy atom. The Bertz CT molecular complexity index is 276. The van der Waals surface area contributed by atoms with Crippen LogP contribution in [0.2, 0.25) is 0 Å². The summed E-state index contributed by atoms with van der Waals surface area (Å²) in [6.45, 7) is 5.43. The highest BCUT2D eigenvalue weighted by Gasteiger charge is 2.23. The van der Waals surface area contributed by atoms with E-state index in [1.165, 1.54) is 0 Å². The van der Waals surface area contributed by atoms with Gasteiger partial charge in [0.05, 0.1) is 18.7 Å². The molecular weight excluding hydrogens is 204 g/mol. The number of piperazine rings is 1. The predicted octanol–water partition coefficient (Wildman–Crippen LogP) is -0.396. The molecule has 1 aliphatic rings. The van der Waals surface area contributed by atoms with Gasteiger partial charge in [-0.05, 0) is 21.0 Å². The van der Waals surface area contributed by atoms with Crippen molar-refractivity contribution in [2.75, 3.05) is 46.8 Å². The molecule has 0 aromatic rings. The van der Waals surface area contributed by atoms with Gasteiger partial charge in [-0.15, -0.1) is 0 Å². The van der Waals surface area contributed by atoms with Crippen molar-refractivity contribution in [2.24, 2.45) is 0 Å². The van der Waals surface area contributed by atoms with Crippen molar-refractivity contribution in [1.29, 1.82) is 5.26 Å². The van der Waals surface area contributed by atoms with E-state index in [9.17, 15) is 4.79 Å². The molecule has 1 fully saturated rings. The average molecular weight is 224 g/mol. The van der Waals surface area contributed by atoms with Gasteiger partial charge in [0, 0.05) is 26.2 Å². The van der Waals surface area contributed by atoms with Crippen LogP contribution in [0.3, 0.4) is 0 Å². The van der Waals surface area contributed by atoms with Crippen LogP contribution in [0.15, 0.2) is 0 Å². The molecule has 0 radical (unpaired) electrons. The van der Waals surface area contributed by atoms with Gasteiger partial charge in [0.25, 0.3) is 0 Å². The summed E-state index contributed by atoms with van der Waals surface area (Å²) in [5.41, 5.74) is 0. The fourth-order valence-corrected chi connectivity index (χ4v) is 1.81. The fraction of sp³-hybridized carbons (Fsp3) is 0.818. The van der Waals surface area contributed by atoms with Crippen molar-refractivity contribution in [3.63, 3.8) is 0 Å². The van der Waals surface area contributed by atoms with Crippen molar-refractivity contribution < 1.29 is 4.79 Å². The van der Waals surface area contributed by atoms with Crippen LogP contribution in [0, 0.1) is 11.3 Å². The molecule has 0 N–H and O–H groups in total. The highest BCUT2D eigenvalue weighted by atomic mass is 16.2. The van der Waals surface area contributed by atoms with E-state index in [1.807, 2.05) is 30.8 Å². The Hall–Kier alpha value is -1.12. The summed E-state index contributed by atoms with van der Waals surface area (Å²) in [5, 5.41) is 8.80. The third-order valence-electron chi connectivity index (χ3n) is 2.85. The molecular formula is C11H20N4O. The Morgan fingerprint density at radius 2 is 1.94 bits per heavy atom. The monoisotopic (exact) mass is 224 g/mol. The summed E-state index contributed by atoms with van der Waals surface area (Å²) in [5.74, 6) is 0.175. The van der Waals surface area contributed by atoms with Crippen molar-refractivity contribution in [3.05, 3.63) is 0 Å². The number of hydrogen-bond donors (Lipinski definition) is 0. The molecule has 5 heteroatoms. The Labute approximate surface area is 97.2 Å². The fourth-order valence-electron chi connectivity index (χ4n) is 1.81. The van der Waals surface area contributed by atoms with Crippen LogP contribution in [0.4, 0.5) is 0 Å². The lowest BCUT2D eigenvalue weighted by molar-refractivity contribution is -0.133. The molecule has 0 spiro atoms. The Morgan fingerprint density at radius 1 is 1.38 bits per heavy atom. The van der Waals surface area contributed by atoms with E-state index in [0.717, 1.165) is 26.2 Å². The number of carbonyl (C=O) groups excluding carboxylic acids is 1. The lowest BCUT2D eigenvalue weighted by Crippen LogP contribution is -2.52. The van der Waals surface area contributed by atoms with E-state index in [4.69, 9.17) is 5.26 Å². The van der Waals surface area contributed by atoms with Gasteiger partial charge >= 0.3 is 0 Å². The average Bonchev–Trinajstić information content (AvgIpc) is 2.27. The van der Waals surface area contributed by atoms with Crippen LogP contribution in [0.1, 0.15) is 6.92 Å². The van der Waals surface area contributed by atoms with Crippen molar-refractivity contribution in [1.82, 2.24) is 14.7 Å².